The summed E-state index contributed by atoms with van der Waals surface area (Å²) in [7, 11) is 9.65. The first-order chi connectivity index (χ1) is 48.8. The molecule has 2 fully saturated rings. The number of nitrogens with one attached hydrogen (secondary N) is 4. The van der Waals surface area contributed by atoms with Crippen LogP contribution in [0.4, 0.5) is 0 Å². The number of likely N-dealkylation sites (tertiary alicyclic amines) is 1. The molecule has 4 rings (SSSR count). The fourth-order valence-corrected chi connectivity index (χ4v) is 13.4. The molecule has 104 heavy (non-hydrogen) atoms. The fraction of sp³-hybridized carbons (Fsp3) is 0.684. The average molecular weight is 1480 g/mol. The van der Waals surface area contributed by atoms with E-state index in [2.05, 4.69) is 21.3 Å². The van der Waals surface area contributed by atoms with E-state index in [1.54, 1.807) is 59.5 Å². The lowest BCUT2D eigenvalue weighted by atomic mass is 9.96. The Bertz CT molecular complexity index is 3200. The maximum Gasteiger partial charge on any atom is 0.248 e. The second-order valence-electron chi connectivity index (χ2n) is 30.4. The monoisotopic (exact) mass is 1480 g/mol. The van der Waals surface area contributed by atoms with Crippen LogP contribution in [0.15, 0.2) is 54.6 Å². The minimum Gasteiger partial charge on any atom is -0.396 e. The van der Waals surface area contributed by atoms with Crippen molar-refractivity contribution in [1.29, 1.82) is 0 Å². The summed E-state index contributed by atoms with van der Waals surface area (Å²) in [4.78, 5) is 191. The van der Waals surface area contributed by atoms with E-state index in [1.807, 2.05) is 69.2 Å². The van der Waals surface area contributed by atoms with Crippen LogP contribution >= 0.6 is 11.6 Å². The number of aliphatic hydroxyl groups is 2. The van der Waals surface area contributed by atoms with Crippen LogP contribution in [0.25, 0.3) is 0 Å². The number of carbonyl (C=O) groups excluding carboxylic acids is 12. The van der Waals surface area contributed by atoms with Crippen molar-refractivity contribution >= 4 is 82.5 Å². The van der Waals surface area contributed by atoms with Crippen LogP contribution in [0.3, 0.4) is 0 Å². The molecule has 2 aromatic carbocycles. The summed E-state index contributed by atoms with van der Waals surface area (Å²) in [6.45, 7) is 18.8. The maximum absolute atomic E-state index is 15.6. The first kappa shape index (κ1) is 88.6. The molecule has 2 aliphatic heterocycles. The van der Waals surface area contributed by atoms with Gasteiger partial charge in [0.25, 0.3) is 0 Å². The zero-order valence-electron chi connectivity index (χ0n) is 64.8. The highest BCUT2D eigenvalue weighted by molar-refractivity contribution is 6.30. The molecule has 2 saturated heterocycles. The SMILES string of the molecule is CC(C)C[C@@H]1NC(=O)[C@H](Cc2ccccc2)N(C)C(=O)[C@H](CC(C)C)N(C)C(=O)[C@H](COCCCO)NC(=O)[C@H](CC(C)C)N(C)C(=O)C[C@@H](C(=O)N2CCCCC2)NC(=O)[C@H](CC(C)C)N(C)C(=O)CN(C)C(=O)[C@H]([C@@H](C)O)NC(=O)[C@H](CC(C)C)N(C)C(=O)[C@H](Cc2cccc(Cl)c2)N(C)C1=O. The number of hydrogen-bond donors (Lipinski definition) is 6. The lowest BCUT2D eigenvalue weighted by Crippen LogP contribution is -2.62. The molecule has 0 aliphatic carbocycles. The van der Waals surface area contributed by atoms with Gasteiger partial charge >= 0.3 is 0 Å². The van der Waals surface area contributed by atoms with Gasteiger partial charge in [0.1, 0.15) is 60.4 Å². The Balaban J connectivity index is 2.03. The Kier molecular flexibility index (Phi) is 36.1. The van der Waals surface area contributed by atoms with Gasteiger partial charge in [0.15, 0.2) is 0 Å². The minimum atomic E-state index is -1.70. The van der Waals surface area contributed by atoms with Crippen LogP contribution in [0.5, 0.6) is 0 Å². The van der Waals surface area contributed by atoms with Crippen molar-refractivity contribution in [2.45, 2.75) is 220 Å². The molecule has 11 atom stereocenters. The molecule has 0 bridgehead atoms. The van der Waals surface area contributed by atoms with E-state index in [1.165, 1.54) is 75.9 Å². The zero-order valence-corrected chi connectivity index (χ0v) is 65.6. The van der Waals surface area contributed by atoms with E-state index < -0.39 is 157 Å². The summed E-state index contributed by atoms with van der Waals surface area (Å²) in [6.07, 6.45) is 0.0848. The standard InChI is InChI=1S/C76H121ClN12O15/c1-46(2)35-55-71(98)88(18)63(42-53-29-25-30-54(77)40-53)75(102)85(15)60(38-49(7)8)70(97)81-66(51(11)91)76(103)82(12)44-65(93)84(14)59(37-48(5)6)67(94)79-56(73(100)89-31-23-20-24-32-89)43-64(92)83(13)58(36-47(3)4)68(95)80-57(45-104-34-26-33-90)72(99)87(17)62(39-50(9)10)74(101)86(16)61(69(96)78-55)41-52-27-21-19-22-28-52/h19,21-22,25,27-30,40,46-51,55-63,66,90-91H,20,23-24,26,31-39,41-45H2,1-18H3,(H,78,96)(H,79,94)(H,80,95)(H,81,97)/t51-,55+,56+,57+,58+,59+,60+,61+,62+,63+,66+/m1/s1. The van der Waals surface area contributed by atoms with Crippen LogP contribution in [0.2, 0.25) is 5.02 Å². The molecule has 0 radical (unpaired) electrons. The van der Waals surface area contributed by atoms with Gasteiger partial charge in [-0.3, -0.25) is 57.5 Å². The van der Waals surface area contributed by atoms with Crippen LogP contribution < -0.4 is 21.3 Å². The van der Waals surface area contributed by atoms with Gasteiger partial charge in [-0.15, -0.1) is 0 Å². The highest BCUT2D eigenvalue weighted by Gasteiger charge is 2.44. The smallest absolute Gasteiger partial charge is 0.248 e. The van der Waals surface area contributed by atoms with Crippen LogP contribution in [-0.4, -0.2) is 276 Å². The van der Waals surface area contributed by atoms with Crippen molar-refractivity contribution in [3.05, 3.63) is 70.7 Å². The lowest BCUT2D eigenvalue weighted by Gasteiger charge is -2.38. The summed E-state index contributed by atoms with van der Waals surface area (Å²) in [5, 5.41) is 32.6. The molecule has 0 saturated carbocycles. The van der Waals surface area contributed by atoms with Crippen molar-refractivity contribution < 1.29 is 72.5 Å². The molecule has 0 spiro atoms. The normalized spacial score (nSPS) is 24.6. The van der Waals surface area contributed by atoms with Crippen molar-refractivity contribution in [3.63, 3.8) is 0 Å². The second kappa shape index (κ2) is 42.4. The van der Waals surface area contributed by atoms with E-state index >= 15 is 28.8 Å². The van der Waals surface area contributed by atoms with Gasteiger partial charge in [0, 0.05) is 93.5 Å². The third kappa shape index (κ3) is 26.4. The number of halogens is 1. The molecule has 0 unspecified atom stereocenters. The Morgan fingerprint density at radius 3 is 1.47 bits per heavy atom. The summed E-state index contributed by atoms with van der Waals surface area (Å²) < 4.78 is 5.92. The van der Waals surface area contributed by atoms with Crippen molar-refractivity contribution in [2.75, 3.05) is 88.8 Å². The zero-order chi connectivity index (χ0) is 78.1. The lowest BCUT2D eigenvalue weighted by molar-refractivity contribution is -0.152. The van der Waals surface area contributed by atoms with Gasteiger partial charge in [0.2, 0.25) is 70.9 Å². The number of amides is 12. The van der Waals surface area contributed by atoms with Gasteiger partial charge in [0.05, 0.1) is 25.7 Å². The Labute approximate surface area is 621 Å². The molecule has 0 aromatic heterocycles. The molecule has 12 amide bonds. The molecule has 28 heteroatoms. The predicted molar refractivity (Wildman–Crippen MR) is 397 cm³/mol. The van der Waals surface area contributed by atoms with Gasteiger partial charge in [-0.1, -0.05) is 123 Å². The van der Waals surface area contributed by atoms with Crippen LogP contribution in [0, 0.1) is 29.6 Å². The largest absolute Gasteiger partial charge is 0.396 e. The van der Waals surface area contributed by atoms with Crippen LogP contribution in [-0.2, 0) is 75.1 Å². The molecular weight excluding hydrogens is 1360 g/mol. The highest BCUT2D eigenvalue weighted by atomic mass is 35.5. The number of rotatable bonds is 21. The molecule has 27 nitrogen and oxygen atoms in total. The maximum atomic E-state index is 15.6. The van der Waals surface area contributed by atoms with Crippen LogP contribution in [0.1, 0.15) is 151 Å². The number of benzene rings is 2. The summed E-state index contributed by atoms with van der Waals surface area (Å²) in [6, 6.07) is 1.51. The quantitative estimate of drug-likeness (QED) is 0.0966. The van der Waals surface area contributed by atoms with Gasteiger partial charge in [-0.25, -0.2) is 0 Å². The van der Waals surface area contributed by atoms with Crippen molar-refractivity contribution in [1.82, 2.24) is 60.5 Å². The van der Waals surface area contributed by atoms with E-state index in [-0.39, 0.29) is 94.2 Å². The van der Waals surface area contributed by atoms with E-state index in [0.29, 0.717) is 42.1 Å². The molecular formula is C76H121ClN12O15. The molecule has 6 N–H and O–H groups in total. The van der Waals surface area contributed by atoms with Crippen molar-refractivity contribution in [3.8, 4) is 0 Å². The van der Waals surface area contributed by atoms with E-state index in [4.69, 9.17) is 16.3 Å². The number of aliphatic hydroxyl groups excluding tert-OH is 2. The Morgan fingerprint density at radius 1 is 0.490 bits per heavy atom. The first-order valence-corrected chi connectivity index (χ1v) is 37.2. The number of nitrogens with zero attached hydrogens (tertiary/aromatic N) is 8. The number of piperidine rings is 1. The van der Waals surface area contributed by atoms with Gasteiger partial charge < -0.3 is 75.4 Å². The predicted octanol–water partition coefficient (Wildman–Crippen LogP) is 3.91. The van der Waals surface area contributed by atoms with E-state index in [9.17, 15) is 39.0 Å². The van der Waals surface area contributed by atoms with E-state index in [0.717, 1.165) is 21.1 Å². The topological polar surface area (TPSA) is 329 Å². The molecule has 2 aliphatic rings. The Hall–Kier alpha value is -7.75. The first-order valence-electron chi connectivity index (χ1n) is 36.8. The van der Waals surface area contributed by atoms with Gasteiger partial charge in [-0.05, 0) is 118 Å². The molecule has 2 aromatic rings. The number of ether oxygens (including phenoxy) is 1. The number of hydrogen-bond acceptors (Lipinski definition) is 15. The van der Waals surface area contributed by atoms with Crippen molar-refractivity contribution in [2.24, 2.45) is 29.6 Å². The fourth-order valence-electron chi connectivity index (χ4n) is 13.1. The highest BCUT2D eigenvalue weighted by Crippen LogP contribution is 2.25. The minimum absolute atomic E-state index is 0.0167. The van der Waals surface area contributed by atoms with Gasteiger partial charge in [-0.2, -0.15) is 0 Å². The third-order valence-corrected chi connectivity index (χ3v) is 19.5. The molecule has 582 valence electrons. The number of carbonyl (C=O) groups is 12. The summed E-state index contributed by atoms with van der Waals surface area (Å²) in [5.41, 5.74) is 1.17. The summed E-state index contributed by atoms with van der Waals surface area (Å²) in [5.74, 6) is -10.3. The Morgan fingerprint density at radius 2 is 0.933 bits per heavy atom. The number of likely N-dealkylation sites (N-methyl/N-ethyl adjacent to an activating group) is 7. The average Bonchev–Trinajstić information content (AvgIpc) is 0.816. The third-order valence-electron chi connectivity index (χ3n) is 19.3. The molecule has 2 heterocycles. The summed E-state index contributed by atoms with van der Waals surface area (Å²) >= 11 is 6.53. The second-order valence-corrected chi connectivity index (χ2v) is 30.9.